The number of likely N-dealkylation sites (tertiary alicyclic amines) is 1. The third kappa shape index (κ3) is 4.44. The van der Waals surface area contributed by atoms with Crippen LogP contribution in [-0.4, -0.2) is 62.4 Å². The minimum absolute atomic E-state index is 0.282. The summed E-state index contributed by atoms with van der Waals surface area (Å²) in [6.07, 6.45) is 6.81. The van der Waals surface area contributed by atoms with Crippen LogP contribution >= 0.6 is 0 Å². The van der Waals surface area contributed by atoms with Crippen molar-refractivity contribution >= 4 is 5.96 Å². The van der Waals surface area contributed by atoms with Crippen LogP contribution in [0.2, 0.25) is 0 Å². The van der Waals surface area contributed by atoms with E-state index in [1.807, 2.05) is 6.07 Å². The zero-order chi connectivity index (χ0) is 19.3. The number of nitrogens with one attached hydrogen (secondary N) is 2. The van der Waals surface area contributed by atoms with Crippen molar-refractivity contribution in [3.05, 3.63) is 29.8 Å². The molecule has 3 aliphatic rings. The molecule has 0 spiro atoms. The van der Waals surface area contributed by atoms with E-state index in [-0.39, 0.29) is 6.04 Å². The highest BCUT2D eigenvalue weighted by molar-refractivity contribution is 5.80. The smallest absolute Gasteiger partial charge is 0.191 e. The molecule has 2 bridgehead atoms. The van der Waals surface area contributed by atoms with Gasteiger partial charge < -0.3 is 20.1 Å². The number of methoxy groups -OCH3 is 1. The maximum Gasteiger partial charge on any atom is 0.191 e. The summed E-state index contributed by atoms with van der Waals surface area (Å²) < 4.78 is 11.5. The first-order chi connectivity index (χ1) is 13.8. The van der Waals surface area contributed by atoms with E-state index >= 15 is 0 Å². The van der Waals surface area contributed by atoms with Gasteiger partial charge in [0.15, 0.2) is 5.96 Å². The molecule has 1 aromatic carbocycles. The molecule has 2 N–H and O–H groups in total. The van der Waals surface area contributed by atoms with Crippen LogP contribution in [0.25, 0.3) is 0 Å². The zero-order valence-corrected chi connectivity index (χ0v) is 17.2. The number of nitrogens with zero attached hydrogens (tertiary/aromatic N) is 2. The number of aliphatic imine (C=N–C) groups is 1. The van der Waals surface area contributed by atoms with Crippen LogP contribution in [0.1, 0.15) is 50.6 Å². The van der Waals surface area contributed by atoms with Crippen LogP contribution in [0.3, 0.4) is 0 Å². The Morgan fingerprint density at radius 3 is 2.86 bits per heavy atom. The average molecular weight is 387 g/mol. The fraction of sp³-hybridized carbons (Fsp3) is 0.682. The normalized spacial score (nSPS) is 28.5. The van der Waals surface area contributed by atoms with Crippen LogP contribution in [-0.2, 0) is 4.74 Å². The molecule has 0 aromatic heterocycles. The van der Waals surface area contributed by atoms with E-state index in [0.29, 0.717) is 18.2 Å². The van der Waals surface area contributed by atoms with Gasteiger partial charge in [0.25, 0.3) is 0 Å². The van der Waals surface area contributed by atoms with Gasteiger partial charge in [-0.2, -0.15) is 0 Å². The van der Waals surface area contributed by atoms with Gasteiger partial charge in [0.05, 0.1) is 37.9 Å². The summed E-state index contributed by atoms with van der Waals surface area (Å²) in [5, 5.41) is 7.07. The zero-order valence-electron chi connectivity index (χ0n) is 17.2. The minimum atomic E-state index is 0.282. The van der Waals surface area contributed by atoms with E-state index in [9.17, 15) is 0 Å². The Kier molecular flexibility index (Phi) is 6.37. The summed E-state index contributed by atoms with van der Waals surface area (Å²) in [4.78, 5) is 7.55. The van der Waals surface area contributed by atoms with E-state index in [1.165, 1.54) is 31.2 Å². The van der Waals surface area contributed by atoms with Crippen molar-refractivity contribution in [1.82, 2.24) is 15.5 Å². The number of guanidine groups is 1. The molecule has 28 heavy (non-hydrogen) atoms. The Balaban J connectivity index is 1.48. The summed E-state index contributed by atoms with van der Waals surface area (Å²) in [6.45, 7) is 6.00. The molecule has 0 amide bonds. The van der Waals surface area contributed by atoms with Gasteiger partial charge >= 0.3 is 0 Å². The minimum Gasteiger partial charge on any atom is -0.497 e. The van der Waals surface area contributed by atoms with Gasteiger partial charge in [-0.15, -0.1) is 0 Å². The molecule has 6 heteroatoms. The van der Waals surface area contributed by atoms with Crippen LogP contribution in [0.15, 0.2) is 29.3 Å². The predicted octanol–water partition coefficient (Wildman–Crippen LogP) is 2.71. The van der Waals surface area contributed by atoms with Gasteiger partial charge in [-0.1, -0.05) is 12.1 Å². The molecule has 0 aliphatic carbocycles. The van der Waals surface area contributed by atoms with E-state index in [2.05, 4.69) is 40.7 Å². The number of hydrogen-bond donors (Lipinski definition) is 2. The first-order valence-electron chi connectivity index (χ1n) is 10.8. The summed E-state index contributed by atoms with van der Waals surface area (Å²) in [5.41, 5.74) is 1.28. The Labute approximate surface area is 168 Å². The number of hydrogen-bond acceptors (Lipinski definition) is 4. The Morgan fingerprint density at radius 2 is 2.18 bits per heavy atom. The number of fused-ring (bicyclic) bond motifs is 2. The summed E-state index contributed by atoms with van der Waals surface area (Å²) in [7, 11) is 1.73. The molecule has 154 valence electrons. The topological polar surface area (TPSA) is 58.1 Å². The molecule has 3 saturated heterocycles. The Hall–Kier alpha value is -1.79. The molecule has 4 rings (SSSR count). The average Bonchev–Trinajstić information content (AvgIpc) is 3.47. The molecule has 3 heterocycles. The standard InChI is InChI=1S/C22H34N4O2/c1-3-23-22(25-19-14-18-9-10-21(19)28-18)24-15-20(26-11-4-5-12-26)16-7-6-8-17(13-16)27-2/h6-8,13,18-21H,3-5,9-12,14-15H2,1-2H3,(H2,23,24,25). The first kappa shape index (κ1) is 19.5. The van der Waals surface area contributed by atoms with Gasteiger partial charge in [-0.3, -0.25) is 9.89 Å². The molecule has 3 fully saturated rings. The van der Waals surface area contributed by atoms with E-state index in [1.54, 1.807) is 7.11 Å². The van der Waals surface area contributed by atoms with Crippen molar-refractivity contribution in [1.29, 1.82) is 0 Å². The Morgan fingerprint density at radius 1 is 1.32 bits per heavy atom. The highest BCUT2D eigenvalue weighted by atomic mass is 16.5. The predicted molar refractivity (Wildman–Crippen MR) is 112 cm³/mol. The maximum atomic E-state index is 6.00. The highest BCUT2D eigenvalue weighted by Crippen LogP contribution is 2.34. The Bertz CT molecular complexity index is 674. The largest absolute Gasteiger partial charge is 0.497 e. The van der Waals surface area contributed by atoms with Crippen molar-refractivity contribution in [3.8, 4) is 5.75 Å². The molecular formula is C22H34N4O2. The third-order valence-corrected chi connectivity index (χ3v) is 6.25. The lowest BCUT2D eigenvalue weighted by Crippen LogP contribution is -2.47. The summed E-state index contributed by atoms with van der Waals surface area (Å²) >= 11 is 0. The van der Waals surface area contributed by atoms with Crippen LogP contribution in [0.5, 0.6) is 5.75 Å². The summed E-state index contributed by atoms with van der Waals surface area (Å²) in [6, 6.07) is 9.11. The number of ether oxygens (including phenoxy) is 2. The molecule has 6 nitrogen and oxygen atoms in total. The molecule has 3 aliphatic heterocycles. The molecule has 4 unspecified atom stereocenters. The number of benzene rings is 1. The van der Waals surface area contributed by atoms with Gasteiger partial charge in [0.1, 0.15) is 5.75 Å². The van der Waals surface area contributed by atoms with E-state index < -0.39 is 0 Å². The van der Waals surface area contributed by atoms with Gasteiger partial charge in [-0.25, -0.2) is 0 Å². The van der Waals surface area contributed by atoms with Crippen LogP contribution in [0, 0.1) is 0 Å². The molecule has 4 atom stereocenters. The molecule has 0 saturated carbocycles. The lowest BCUT2D eigenvalue weighted by atomic mass is 9.96. The third-order valence-electron chi connectivity index (χ3n) is 6.25. The van der Waals surface area contributed by atoms with Gasteiger partial charge in [-0.05, 0) is 69.8 Å². The molecule has 1 aromatic rings. The van der Waals surface area contributed by atoms with Crippen molar-refractivity contribution in [2.75, 3.05) is 33.3 Å². The maximum absolute atomic E-state index is 6.00. The fourth-order valence-corrected chi connectivity index (χ4v) is 4.80. The van der Waals surface area contributed by atoms with Crippen LogP contribution in [0.4, 0.5) is 0 Å². The monoisotopic (exact) mass is 386 g/mol. The molecular weight excluding hydrogens is 352 g/mol. The van der Waals surface area contributed by atoms with Crippen molar-refractivity contribution < 1.29 is 9.47 Å². The van der Waals surface area contributed by atoms with E-state index in [4.69, 9.17) is 14.5 Å². The second-order valence-electron chi connectivity index (χ2n) is 8.12. The lowest BCUT2D eigenvalue weighted by molar-refractivity contribution is 0.0992. The first-order valence-corrected chi connectivity index (χ1v) is 10.8. The van der Waals surface area contributed by atoms with Gasteiger partial charge in [0.2, 0.25) is 0 Å². The SMILES string of the molecule is CCNC(=NCC(c1cccc(OC)c1)N1CCCC1)NC1CC2CCC1O2. The van der Waals surface area contributed by atoms with Crippen molar-refractivity contribution in [2.45, 2.75) is 63.3 Å². The summed E-state index contributed by atoms with van der Waals surface area (Å²) in [5.74, 6) is 1.82. The lowest BCUT2D eigenvalue weighted by Gasteiger charge is -2.28. The quantitative estimate of drug-likeness (QED) is 0.557. The van der Waals surface area contributed by atoms with Crippen molar-refractivity contribution in [2.24, 2.45) is 4.99 Å². The van der Waals surface area contributed by atoms with Crippen molar-refractivity contribution in [3.63, 3.8) is 0 Å². The van der Waals surface area contributed by atoms with Gasteiger partial charge in [0, 0.05) is 6.54 Å². The van der Waals surface area contributed by atoms with E-state index in [0.717, 1.165) is 44.3 Å². The highest BCUT2D eigenvalue weighted by Gasteiger charge is 2.41. The second kappa shape index (κ2) is 9.14. The second-order valence-corrected chi connectivity index (χ2v) is 8.12. The fourth-order valence-electron chi connectivity index (χ4n) is 4.80. The molecule has 0 radical (unpaired) electrons. The number of rotatable bonds is 7. The van der Waals surface area contributed by atoms with Crippen LogP contribution < -0.4 is 15.4 Å².